The molecule has 412 valence electrons. The molecule has 0 radical (unpaired) electrons. The van der Waals surface area contributed by atoms with Gasteiger partial charge in [0, 0.05) is 87.6 Å². The van der Waals surface area contributed by atoms with E-state index in [9.17, 15) is 0 Å². The van der Waals surface area contributed by atoms with Crippen LogP contribution in [0.3, 0.4) is 0 Å². The number of H-pyrrole nitrogens is 4. The average molecular weight is 1200 g/mol. The molecule has 6 aromatic heterocycles. The van der Waals surface area contributed by atoms with Crippen LogP contribution in [0.25, 0.3) is 179 Å². The van der Waals surface area contributed by atoms with Crippen molar-refractivity contribution in [1.82, 2.24) is 79.7 Å². The zero-order valence-electron chi connectivity index (χ0n) is 44.0. The number of nitrogens with zero attached hydrogens (tertiary/aromatic N) is 12. The molecule has 0 fully saturated rings. The van der Waals surface area contributed by atoms with Gasteiger partial charge in [0.1, 0.15) is 45.2 Å². The van der Waals surface area contributed by atoms with E-state index in [1.165, 1.54) is 0 Å². The molecular formula is C64H36Cl4N16O2. The lowest BCUT2D eigenvalue weighted by atomic mass is 10.1. The summed E-state index contributed by atoms with van der Waals surface area (Å²) in [7, 11) is 0. The number of benzene rings is 8. The number of hydrogen-bond donors (Lipinski definition) is 4. The molecular weight excluding hydrogens is 1170 g/mol. The van der Waals surface area contributed by atoms with Crippen LogP contribution in [0.1, 0.15) is 0 Å². The van der Waals surface area contributed by atoms with Gasteiger partial charge in [-0.25, -0.2) is 59.8 Å². The summed E-state index contributed by atoms with van der Waals surface area (Å²) in [5.41, 5.74) is 11.8. The van der Waals surface area contributed by atoms with E-state index in [2.05, 4.69) is 19.9 Å². The van der Waals surface area contributed by atoms with Crippen molar-refractivity contribution in [3.63, 3.8) is 0 Å². The molecule has 4 aliphatic heterocycles. The molecule has 4 aliphatic rings. The highest BCUT2D eigenvalue weighted by Gasteiger charge is 2.25. The average Bonchev–Trinajstić information content (AvgIpc) is 2.15. The molecule has 10 heterocycles. The van der Waals surface area contributed by atoms with E-state index in [1.54, 1.807) is 24.3 Å². The van der Waals surface area contributed by atoms with Crippen molar-refractivity contribution in [1.29, 1.82) is 0 Å². The highest BCUT2D eigenvalue weighted by atomic mass is 35.5. The largest absolute Gasteiger partial charge is 0.412 e. The fourth-order valence-electron chi connectivity index (χ4n) is 11.3. The third-order valence-electron chi connectivity index (χ3n) is 15.2. The van der Waals surface area contributed by atoms with Gasteiger partial charge in [-0.15, -0.1) is 0 Å². The predicted octanol–water partition coefficient (Wildman–Crippen LogP) is 14.7. The van der Waals surface area contributed by atoms with E-state index in [4.69, 9.17) is 106 Å². The van der Waals surface area contributed by atoms with Gasteiger partial charge in [0.05, 0.1) is 20.1 Å². The van der Waals surface area contributed by atoms with Gasteiger partial charge in [0.2, 0.25) is 0 Å². The summed E-state index contributed by atoms with van der Waals surface area (Å²) in [6, 6.07) is 54.9. The van der Waals surface area contributed by atoms with Crippen LogP contribution in [0.5, 0.6) is 0 Å². The van der Waals surface area contributed by atoms with Gasteiger partial charge in [-0.3, -0.25) is 0 Å². The van der Waals surface area contributed by atoms with Crippen molar-refractivity contribution in [2.75, 3.05) is 0 Å². The van der Waals surface area contributed by atoms with Crippen molar-refractivity contribution in [3.8, 4) is 91.1 Å². The molecule has 0 saturated carbocycles. The Morgan fingerprint density at radius 2 is 0.349 bits per heavy atom. The molecule has 8 N–H and O–H groups in total. The number of aromatic nitrogens is 16. The van der Waals surface area contributed by atoms with Crippen LogP contribution in [0.2, 0.25) is 20.1 Å². The first kappa shape index (κ1) is 52.4. The van der Waals surface area contributed by atoms with E-state index >= 15 is 0 Å². The smallest absolute Gasteiger partial charge is 0.164 e. The first-order valence-corrected chi connectivity index (χ1v) is 27.9. The SMILES string of the molecule is Clc1cc2c3nc4nc(nc5[nH]c(nc6nc(nc([nH]3)c2cc1Cl)-c1ccccc1-6)c1ccccc51)-c1ccccc1-4.Clc1cc2c3nc4nc(nc5[nH]c(nc6nc(nc([nH]3)c2cc1Cl)-c1ccccc1-6)c1ccccc51)-c1ccccc1-4.O.O. The summed E-state index contributed by atoms with van der Waals surface area (Å²) in [6.45, 7) is 0. The molecule has 0 saturated heterocycles. The summed E-state index contributed by atoms with van der Waals surface area (Å²) >= 11 is 25.9. The lowest BCUT2D eigenvalue weighted by Gasteiger charge is -1.97. The van der Waals surface area contributed by atoms with Crippen LogP contribution in [0, 0.1) is 0 Å². The second-order valence-corrected chi connectivity index (χ2v) is 21.7. The van der Waals surface area contributed by atoms with Gasteiger partial charge in [-0.1, -0.05) is 192 Å². The zero-order valence-corrected chi connectivity index (χ0v) is 47.1. The molecule has 18 rings (SSSR count). The number of hydrogen-bond acceptors (Lipinski definition) is 12. The summed E-state index contributed by atoms with van der Waals surface area (Å²) < 4.78 is 0. The molecule has 0 unspecified atom stereocenters. The van der Waals surface area contributed by atoms with Crippen molar-refractivity contribution >= 4 is 135 Å². The second-order valence-electron chi connectivity index (χ2n) is 20.1. The third-order valence-corrected chi connectivity index (χ3v) is 16.6. The van der Waals surface area contributed by atoms with E-state index in [0.29, 0.717) is 112 Å². The topological polar surface area (TPSA) is 281 Å². The van der Waals surface area contributed by atoms with Crippen LogP contribution in [-0.4, -0.2) is 90.7 Å². The highest BCUT2D eigenvalue weighted by Crippen LogP contribution is 2.41. The van der Waals surface area contributed by atoms with E-state index in [0.717, 1.165) is 87.6 Å². The van der Waals surface area contributed by atoms with Crippen molar-refractivity contribution in [2.24, 2.45) is 0 Å². The van der Waals surface area contributed by atoms with E-state index < -0.39 is 0 Å². The lowest BCUT2D eigenvalue weighted by Crippen LogP contribution is -1.83. The van der Waals surface area contributed by atoms with E-state index in [1.807, 2.05) is 146 Å². The predicted molar refractivity (Wildman–Crippen MR) is 339 cm³/mol. The Kier molecular flexibility index (Phi) is 12.3. The summed E-state index contributed by atoms with van der Waals surface area (Å²) in [4.78, 5) is 73.1. The first-order valence-electron chi connectivity index (χ1n) is 26.4. The van der Waals surface area contributed by atoms with Crippen LogP contribution in [0.4, 0.5) is 0 Å². The Morgan fingerprint density at radius 1 is 0.198 bits per heavy atom. The van der Waals surface area contributed by atoms with Crippen LogP contribution in [0.15, 0.2) is 170 Å². The molecule has 0 spiro atoms. The Labute approximate surface area is 503 Å². The van der Waals surface area contributed by atoms with Gasteiger partial charge >= 0.3 is 0 Å². The molecule has 8 aromatic carbocycles. The summed E-state index contributed by atoms with van der Waals surface area (Å²) in [6.07, 6.45) is 0. The fraction of sp³-hybridized carbons (Fsp3) is 0. The molecule has 14 aromatic rings. The molecule has 16 bridgehead atoms. The van der Waals surface area contributed by atoms with Crippen molar-refractivity contribution < 1.29 is 11.0 Å². The highest BCUT2D eigenvalue weighted by molar-refractivity contribution is 6.44. The molecule has 0 aliphatic carbocycles. The fourth-order valence-corrected chi connectivity index (χ4v) is 11.9. The Balaban J connectivity index is 0.000000142. The maximum Gasteiger partial charge on any atom is 0.164 e. The van der Waals surface area contributed by atoms with Crippen LogP contribution in [-0.2, 0) is 0 Å². The normalized spacial score (nSPS) is 11.8. The minimum absolute atomic E-state index is 0. The van der Waals surface area contributed by atoms with Gasteiger partial charge in [-0.05, 0) is 24.3 Å². The lowest BCUT2D eigenvalue weighted by molar-refractivity contribution is 0.823. The summed E-state index contributed by atoms with van der Waals surface area (Å²) in [5.74, 6) is 4.31. The quantitative estimate of drug-likeness (QED) is 0.110. The monoisotopic (exact) mass is 1200 g/mol. The Hall–Kier alpha value is -10.4. The van der Waals surface area contributed by atoms with Crippen LogP contribution < -0.4 is 0 Å². The second kappa shape index (κ2) is 20.1. The summed E-state index contributed by atoms with van der Waals surface area (Å²) in [5, 5.41) is 8.43. The van der Waals surface area contributed by atoms with Gasteiger partial charge in [0.15, 0.2) is 46.6 Å². The van der Waals surface area contributed by atoms with Gasteiger partial charge in [0.25, 0.3) is 0 Å². The minimum Gasteiger partial charge on any atom is -0.412 e. The molecule has 0 amide bonds. The number of rotatable bonds is 0. The van der Waals surface area contributed by atoms with Crippen molar-refractivity contribution in [2.45, 2.75) is 0 Å². The standard InChI is InChI=1S/2C32H16Cl2N8.2H2O/c2*33-23-13-21-22(14-24(23)34)32-41-30-20-12-6-4-10-18(20)28(39-30)37-26-16-8-2-1-7-15(16)25(35-26)36-27-17-9-3-5-11-19(17)29(38-27)40-31(21)42-32;;/h2*1-14H,(H2,35,36,37,38,39,40,41,42);2*1H2. The first-order chi connectivity index (χ1) is 41.2. The van der Waals surface area contributed by atoms with E-state index in [-0.39, 0.29) is 11.0 Å². The maximum atomic E-state index is 6.47. The third kappa shape index (κ3) is 8.33. The molecule has 86 heavy (non-hydrogen) atoms. The number of aromatic amines is 4. The Morgan fingerprint density at radius 3 is 0.523 bits per heavy atom. The van der Waals surface area contributed by atoms with Crippen LogP contribution >= 0.6 is 46.4 Å². The zero-order chi connectivity index (χ0) is 55.9. The minimum atomic E-state index is 0. The number of nitrogens with one attached hydrogen (secondary N) is 4. The maximum absolute atomic E-state index is 6.47. The molecule has 22 heteroatoms. The van der Waals surface area contributed by atoms with Crippen molar-refractivity contribution in [3.05, 3.63) is 190 Å². The number of halogens is 4. The van der Waals surface area contributed by atoms with Gasteiger partial charge < -0.3 is 30.9 Å². The van der Waals surface area contributed by atoms with Gasteiger partial charge in [-0.2, -0.15) is 0 Å². The molecule has 18 nitrogen and oxygen atoms in total. The Bertz CT molecular complexity index is 4950. The molecule has 0 atom stereocenters. The number of fused-ring (bicyclic) bond motifs is 40.